The molecule has 0 saturated heterocycles. The molecule has 2 aromatic heterocycles. The van der Waals surface area contributed by atoms with Crippen LogP contribution in [-0.4, -0.2) is 22.5 Å². The number of rotatable bonds is 5. The van der Waals surface area contributed by atoms with Crippen molar-refractivity contribution in [3.63, 3.8) is 0 Å². The van der Waals surface area contributed by atoms with Crippen LogP contribution in [0.4, 0.5) is 0 Å². The van der Waals surface area contributed by atoms with E-state index in [9.17, 15) is 4.79 Å². The van der Waals surface area contributed by atoms with Gasteiger partial charge in [0.2, 0.25) is 5.76 Å². The minimum Gasteiger partial charge on any atom is -0.460 e. The molecule has 0 bridgehead atoms. The molecule has 0 aliphatic rings. The van der Waals surface area contributed by atoms with Gasteiger partial charge >= 0.3 is 5.97 Å². The van der Waals surface area contributed by atoms with E-state index in [0.29, 0.717) is 17.9 Å². The number of esters is 1. The lowest BCUT2D eigenvalue weighted by Crippen LogP contribution is -2.05. The maximum Gasteiger partial charge on any atom is 0.374 e. The molecule has 0 unspecified atom stereocenters. The van der Waals surface area contributed by atoms with E-state index in [4.69, 9.17) is 9.15 Å². The zero-order chi connectivity index (χ0) is 17.2. The van der Waals surface area contributed by atoms with E-state index in [1.54, 1.807) is 6.92 Å². The smallest absolute Gasteiger partial charge is 0.374 e. The number of benzene rings is 2. The van der Waals surface area contributed by atoms with Gasteiger partial charge in [-0.05, 0) is 25.1 Å². The molecule has 4 rings (SSSR count). The highest BCUT2D eigenvalue weighted by Crippen LogP contribution is 2.32. The van der Waals surface area contributed by atoms with Gasteiger partial charge in [-0.1, -0.05) is 42.1 Å². The second-order valence-electron chi connectivity index (χ2n) is 5.47. The second kappa shape index (κ2) is 6.64. The highest BCUT2D eigenvalue weighted by molar-refractivity contribution is 7.98. The van der Waals surface area contributed by atoms with Gasteiger partial charge in [-0.25, -0.2) is 9.78 Å². The number of nitrogens with one attached hydrogen (secondary N) is 1. The number of nitrogens with zero attached hydrogens (tertiary/aromatic N) is 1. The fourth-order valence-electron chi connectivity index (χ4n) is 2.74. The minimum atomic E-state index is -0.432. The molecule has 2 heterocycles. The molecule has 0 aliphatic heterocycles. The van der Waals surface area contributed by atoms with E-state index >= 15 is 0 Å². The Hall–Kier alpha value is -2.73. The zero-order valence-corrected chi connectivity index (χ0v) is 14.4. The molecule has 2 aromatic carbocycles. The van der Waals surface area contributed by atoms with Crippen LogP contribution in [0.5, 0.6) is 0 Å². The van der Waals surface area contributed by atoms with Gasteiger partial charge in [0.05, 0.1) is 17.6 Å². The lowest BCUT2D eigenvalue weighted by Gasteiger charge is -2.02. The van der Waals surface area contributed by atoms with Crippen LogP contribution in [-0.2, 0) is 10.5 Å². The molecule has 0 saturated carbocycles. The first-order chi connectivity index (χ1) is 12.3. The molecule has 0 spiro atoms. The summed E-state index contributed by atoms with van der Waals surface area (Å²) in [6, 6.07) is 15.5. The maximum atomic E-state index is 12.2. The number of para-hydroxylation sites is 3. The van der Waals surface area contributed by atoms with Gasteiger partial charge in [-0.3, -0.25) is 0 Å². The van der Waals surface area contributed by atoms with Crippen molar-refractivity contribution in [2.24, 2.45) is 0 Å². The standard InChI is InChI=1S/C19H16N2O3S/c1-2-23-18(22)17-13(12-7-3-6-10-16(12)24-17)11-25-19-20-14-8-4-5-9-15(14)21-19/h3-10H,2,11H2,1H3,(H,20,21). The van der Waals surface area contributed by atoms with Crippen LogP contribution in [0.1, 0.15) is 23.0 Å². The summed E-state index contributed by atoms with van der Waals surface area (Å²) in [5.74, 6) is 0.399. The van der Waals surface area contributed by atoms with Crippen molar-refractivity contribution in [3.8, 4) is 0 Å². The molecule has 25 heavy (non-hydrogen) atoms. The summed E-state index contributed by atoms with van der Waals surface area (Å²) in [6.45, 7) is 2.09. The first kappa shape index (κ1) is 15.8. The number of ether oxygens (including phenoxy) is 1. The van der Waals surface area contributed by atoms with Crippen molar-refractivity contribution in [1.29, 1.82) is 0 Å². The molecule has 6 heteroatoms. The van der Waals surface area contributed by atoms with Crippen LogP contribution in [0, 0.1) is 0 Å². The quantitative estimate of drug-likeness (QED) is 0.413. The number of aromatic amines is 1. The summed E-state index contributed by atoms with van der Waals surface area (Å²) in [5, 5.41) is 1.73. The highest BCUT2D eigenvalue weighted by Gasteiger charge is 2.22. The largest absolute Gasteiger partial charge is 0.460 e. The molecule has 126 valence electrons. The minimum absolute atomic E-state index is 0.270. The lowest BCUT2D eigenvalue weighted by molar-refractivity contribution is 0.0491. The number of carbonyl (C=O) groups excluding carboxylic acids is 1. The predicted molar refractivity (Wildman–Crippen MR) is 97.8 cm³/mol. The second-order valence-corrected chi connectivity index (χ2v) is 6.44. The number of carbonyl (C=O) groups is 1. The maximum absolute atomic E-state index is 12.2. The Morgan fingerprint density at radius 1 is 1.20 bits per heavy atom. The van der Waals surface area contributed by atoms with E-state index in [1.165, 1.54) is 11.8 Å². The van der Waals surface area contributed by atoms with Crippen LogP contribution in [0.2, 0.25) is 0 Å². The normalized spacial score (nSPS) is 11.2. The van der Waals surface area contributed by atoms with Gasteiger partial charge in [-0.2, -0.15) is 0 Å². The average Bonchev–Trinajstić information content (AvgIpc) is 3.21. The third kappa shape index (κ3) is 3.00. The number of hydrogen-bond donors (Lipinski definition) is 1. The molecule has 1 N–H and O–H groups in total. The first-order valence-corrected chi connectivity index (χ1v) is 9.00. The van der Waals surface area contributed by atoms with E-state index in [0.717, 1.165) is 27.1 Å². The van der Waals surface area contributed by atoms with E-state index in [-0.39, 0.29) is 5.76 Å². The monoisotopic (exact) mass is 352 g/mol. The van der Waals surface area contributed by atoms with Crippen molar-refractivity contribution in [3.05, 3.63) is 59.9 Å². The van der Waals surface area contributed by atoms with Crippen LogP contribution < -0.4 is 0 Å². The summed E-state index contributed by atoms with van der Waals surface area (Å²) in [6.07, 6.45) is 0. The number of thioether (sulfide) groups is 1. The number of furan rings is 1. The van der Waals surface area contributed by atoms with Gasteiger partial charge in [0, 0.05) is 16.7 Å². The fourth-order valence-corrected chi connectivity index (χ4v) is 3.65. The topological polar surface area (TPSA) is 68.1 Å². The van der Waals surface area contributed by atoms with Crippen LogP contribution in [0.15, 0.2) is 58.1 Å². The first-order valence-electron chi connectivity index (χ1n) is 8.01. The van der Waals surface area contributed by atoms with Crippen LogP contribution in [0.3, 0.4) is 0 Å². The Kier molecular flexibility index (Phi) is 4.19. The van der Waals surface area contributed by atoms with Crippen molar-refractivity contribution in [2.45, 2.75) is 17.8 Å². The molecule has 5 nitrogen and oxygen atoms in total. The zero-order valence-electron chi connectivity index (χ0n) is 13.6. The van der Waals surface area contributed by atoms with Gasteiger partial charge in [-0.15, -0.1) is 0 Å². The summed E-state index contributed by atoms with van der Waals surface area (Å²) in [4.78, 5) is 20.1. The Labute approximate surface area is 148 Å². The predicted octanol–water partition coefficient (Wildman–Crippen LogP) is 4.78. The average molecular weight is 352 g/mol. The van der Waals surface area contributed by atoms with E-state index in [2.05, 4.69) is 9.97 Å². The molecular formula is C19H16N2O3S. The van der Waals surface area contributed by atoms with Crippen molar-refractivity contribution < 1.29 is 13.9 Å². The lowest BCUT2D eigenvalue weighted by atomic mass is 10.1. The van der Waals surface area contributed by atoms with Crippen LogP contribution in [0.25, 0.3) is 22.0 Å². The third-order valence-electron chi connectivity index (χ3n) is 3.88. The Morgan fingerprint density at radius 2 is 2.00 bits per heavy atom. The van der Waals surface area contributed by atoms with Gasteiger partial charge in [0.25, 0.3) is 0 Å². The highest BCUT2D eigenvalue weighted by atomic mass is 32.2. The third-order valence-corrected chi connectivity index (χ3v) is 4.78. The number of hydrogen-bond acceptors (Lipinski definition) is 5. The van der Waals surface area contributed by atoms with Crippen molar-refractivity contribution in [2.75, 3.05) is 6.61 Å². The number of H-pyrrole nitrogens is 1. The molecular weight excluding hydrogens is 336 g/mol. The number of imidazole rings is 1. The molecule has 0 radical (unpaired) electrons. The Bertz CT molecular complexity index is 1020. The number of aromatic nitrogens is 2. The van der Waals surface area contributed by atoms with Gasteiger partial charge < -0.3 is 14.1 Å². The van der Waals surface area contributed by atoms with Crippen molar-refractivity contribution >= 4 is 39.7 Å². The van der Waals surface area contributed by atoms with E-state index < -0.39 is 5.97 Å². The van der Waals surface area contributed by atoms with Crippen molar-refractivity contribution in [1.82, 2.24) is 9.97 Å². The summed E-state index contributed by atoms with van der Waals surface area (Å²) < 4.78 is 10.9. The summed E-state index contributed by atoms with van der Waals surface area (Å²) in [5.41, 5.74) is 3.44. The Balaban J connectivity index is 1.67. The fraction of sp³-hybridized carbons (Fsp3) is 0.158. The SMILES string of the molecule is CCOC(=O)c1oc2ccccc2c1CSc1nc2ccccc2[nH]1. The molecule has 0 fully saturated rings. The van der Waals surface area contributed by atoms with E-state index in [1.807, 2.05) is 48.5 Å². The number of fused-ring (bicyclic) bond motifs is 2. The summed E-state index contributed by atoms with van der Waals surface area (Å²) in [7, 11) is 0. The summed E-state index contributed by atoms with van der Waals surface area (Å²) >= 11 is 1.53. The molecule has 0 aliphatic carbocycles. The molecule has 0 amide bonds. The molecule has 4 aromatic rings. The van der Waals surface area contributed by atoms with Gasteiger partial charge in [0.1, 0.15) is 5.58 Å². The van der Waals surface area contributed by atoms with Crippen LogP contribution >= 0.6 is 11.8 Å². The van der Waals surface area contributed by atoms with Gasteiger partial charge in [0.15, 0.2) is 5.16 Å². The molecule has 0 atom stereocenters. The Morgan fingerprint density at radius 3 is 2.84 bits per heavy atom.